The van der Waals surface area contributed by atoms with Crippen molar-refractivity contribution in [1.29, 1.82) is 0 Å². The van der Waals surface area contributed by atoms with Gasteiger partial charge in [-0.3, -0.25) is 101 Å². The van der Waals surface area contributed by atoms with Gasteiger partial charge in [0.25, 0.3) is 0 Å². The number of amides is 10. The van der Waals surface area contributed by atoms with Gasteiger partial charge in [0.05, 0.1) is 38.8 Å². The zero-order chi connectivity index (χ0) is 94.2. The molecule has 47 heteroatoms. The molecule has 0 spiro atoms. The van der Waals surface area contributed by atoms with Crippen LogP contribution < -0.4 is 53.2 Å². The summed E-state index contributed by atoms with van der Waals surface area (Å²) in [7, 11) is 0. The Bertz CT molecular complexity index is 3740. The van der Waals surface area contributed by atoms with E-state index in [-0.39, 0.29) is 117 Å². The molecule has 1 aromatic carbocycles. The van der Waals surface area contributed by atoms with Gasteiger partial charge in [0.2, 0.25) is 59.1 Å². The molecule has 3 aliphatic heterocycles. The fraction of sp³-hybridized carbons (Fsp3) is 0.675. The molecule has 0 aromatic heterocycles. The van der Waals surface area contributed by atoms with Crippen LogP contribution in [0.4, 0.5) is 0 Å². The van der Waals surface area contributed by atoms with E-state index in [4.69, 9.17) is 75.8 Å². The first-order valence-electron chi connectivity index (χ1n) is 41.1. The fourth-order valence-electron chi connectivity index (χ4n) is 13.0. The van der Waals surface area contributed by atoms with E-state index in [0.29, 0.717) is 0 Å². The van der Waals surface area contributed by atoms with E-state index in [1.54, 1.807) is 30.3 Å². The number of carbonyl (C=O) groups excluding carboxylic acids is 20. The molecule has 0 saturated carbocycles. The van der Waals surface area contributed by atoms with E-state index >= 15 is 0 Å². The van der Waals surface area contributed by atoms with Crippen molar-refractivity contribution in [3.63, 3.8) is 0 Å². The SMILES string of the molecule is CC(=O)NC1[C@H](OCCCCNC(=O)CNC(=O)CN(CC(=O)NCC(=O)NCCCCO[C@@H]2OC(COC(C)=O)[C@H](OC(C)=O)[C@H](OC(C)=O)C2NC(C)=O)C(CCNC(=O)CCCC(=O)OCc2ccccc2)C(=O)NCC(=O)NCCCCO[C@@H]2OC(COC(C)=O)[C@H](OC(C)=O)[C@H](OC(C)=O)C2NC(C)=O)OC(COC(C)=O)[C@H](OC(C)=O)[C@@H]1OC(C)=O. The largest absolute Gasteiger partial charge is 0.463 e. The first-order valence-corrected chi connectivity index (χ1v) is 41.1. The molecule has 4 rings (SSSR count). The molecular weight excluding hydrogens is 1690 g/mol. The molecular formula is C80H119N11O36. The average Bonchev–Trinajstić information content (AvgIpc) is 0.795. The van der Waals surface area contributed by atoms with Crippen LogP contribution in [0, 0.1) is 0 Å². The standard InChI is InChI=1S/C80H119N11O36/c1-44(92)88-68-74(122-53(10)101)71(119-50(7)98)58(41-115-47(4)95)125-78(68)112-32-19-16-28-81-62(105)35-85-65(108)38-91(39-66(109)86-36-63(106)82-29-17-20-33-113-79-69(89-45(2)93)75(123-54(11)102)72(120-51(8)99)59(126-79)42-116-48(5)96)57(27-31-84-61(104)25-22-26-67(110)118-40-56-23-14-13-15-24-56)77(111)87-37-64(107)83-30-18-21-34-114-80-70(90-46(3)94)76(124-55(12)103)73(121-52(9)100)60(127-80)43-117-49(6)97/h13-15,23-24,57-60,68-76,78-80H,16-22,25-43H2,1-12H3,(H,81,105)(H,82,106)(H,83,107)(H,84,104)(H,85,108)(H,86,109)(H,87,111)(H,88,92)(H,89,93)(H,90,94)/t57?,58?,59?,60?,68?,69?,70?,71-,72-,73-,74+,75+,76+,78+,79+,80+/m0/s1. The number of hydrogen-bond donors (Lipinski definition) is 10. The third kappa shape index (κ3) is 43.4. The van der Waals surface area contributed by atoms with E-state index in [0.717, 1.165) is 93.5 Å². The van der Waals surface area contributed by atoms with Gasteiger partial charge in [0.1, 0.15) is 62.9 Å². The predicted octanol–water partition coefficient (Wildman–Crippen LogP) is -3.87. The topological polar surface area (TPSA) is 613 Å². The number of unbranched alkanes of at least 4 members (excludes halogenated alkanes) is 3. The summed E-state index contributed by atoms with van der Waals surface area (Å²) in [4.78, 5) is 257. The average molecular weight is 1810 g/mol. The molecule has 710 valence electrons. The van der Waals surface area contributed by atoms with Crippen LogP contribution >= 0.6 is 0 Å². The van der Waals surface area contributed by atoms with Gasteiger partial charge in [-0.2, -0.15) is 0 Å². The summed E-state index contributed by atoms with van der Waals surface area (Å²) in [6.07, 6.45) is -15.7. The maximum atomic E-state index is 14.6. The lowest BCUT2D eigenvalue weighted by Crippen LogP contribution is -2.66. The highest BCUT2D eigenvalue weighted by Gasteiger charge is 2.54. The Labute approximate surface area is 732 Å². The number of benzene rings is 1. The zero-order valence-electron chi connectivity index (χ0n) is 73.2. The summed E-state index contributed by atoms with van der Waals surface area (Å²) in [5.41, 5.74) is 0.731. The fourth-order valence-corrected chi connectivity index (χ4v) is 13.0. The van der Waals surface area contributed by atoms with Crippen molar-refractivity contribution in [3.05, 3.63) is 35.9 Å². The van der Waals surface area contributed by atoms with Crippen LogP contribution in [0.3, 0.4) is 0 Å². The number of carbonyl (C=O) groups is 20. The highest BCUT2D eigenvalue weighted by molar-refractivity contribution is 5.91. The molecule has 1 aromatic rings. The van der Waals surface area contributed by atoms with Crippen molar-refractivity contribution in [3.8, 4) is 0 Å². The van der Waals surface area contributed by atoms with Crippen molar-refractivity contribution in [2.45, 2.75) is 252 Å². The van der Waals surface area contributed by atoms with Crippen molar-refractivity contribution in [2.75, 3.05) is 98.5 Å². The predicted molar refractivity (Wildman–Crippen MR) is 429 cm³/mol. The first-order chi connectivity index (χ1) is 60.2. The Kier molecular flexibility index (Phi) is 49.0. The molecule has 16 atom stereocenters. The van der Waals surface area contributed by atoms with E-state index in [2.05, 4.69) is 53.2 Å². The maximum absolute atomic E-state index is 14.6. The number of rotatable bonds is 54. The molecule has 3 saturated heterocycles. The summed E-state index contributed by atoms with van der Waals surface area (Å²) in [6, 6.07) is 3.47. The minimum absolute atomic E-state index is 0.0101. The molecule has 7 unspecified atom stereocenters. The zero-order valence-corrected chi connectivity index (χ0v) is 73.2. The van der Waals surface area contributed by atoms with Gasteiger partial charge >= 0.3 is 59.7 Å². The monoisotopic (exact) mass is 1810 g/mol. The molecule has 0 aliphatic carbocycles. The second-order valence-electron chi connectivity index (χ2n) is 29.3. The van der Waals surface area contributed by atoms with Gasteiger partial charge in [-0.15, -0.1) is 0 Å². The molecule has 10 amide bonds. The molecule has 0 radical (unpaired) electrons. The Hall–Kier alpha value is -11.7. The van der Waals surface area contributed by atoms with Gasteiger partial charge in [0, 0.05) is 142 Å². The summed E-state index contributed by atoms with van der Waals surface area (Å²) >= 11 is 0. The molecule has 3 aliphatic rings. The van der Waals surface area contributed by atoms with Gasteiger partial charge in [-0.1, -0.05) is 30.3 Å². The summed E-state index contributed by atoms with van der Waals surface area (Å²) in [5.74, 6) is -15.2. The second kappa shape index (κ2) is 57.9. The first kappa shape index (κ1) is 108. The highest BCUT2D eigenvalue weighted by atomic mass is 16.7. The highest BCUT2D eigenvalue weighted by Crippen LogP contribution is 2.32. The van der Waals surface area contributed by atoms with Crippen molar-refractivity contribution < 1.29 is 172 Å². The molecule has 0 bridgehead atoms. The molecule has 47 nitrogen and oxygen atoms in total. The number of esters is 10. The van der Waals surface area contributed by atoms with E-state index < -0.39 is 269 Å². The number of nitrogens with one attached hydrogen (secondary N) is 10. The molecule has 3 heterocycles. The van der Waals surface area contributed by atoms with E-state index in [1.165, 1.54) is 0 Å². The minimum atomic E-state index is -1.59. The van der Waals surface area contributed by atoms with Crippen molar-refractivity contribution in [1.82, 2.24) is 58.1 Å². The van der Waals surface area contributed by atoms with Gasteiger partial charge in [-0.25, -0.2) is 0 Å². The third-order valence-electron chi connectivity index (χ3n) is 18.3. The Balaban J connectivity index is 1.53. The van der Waals surface area contributed by atoms with E-state index in [1.807, 2.05) is 0 Å². The lowest BCUT2D eigenvalue weighted by molar-refractivity contribution is -0.277. The van der Waals surface area contributed by atoms with Gasteiger partial charge in [-0.05, 0) is 56.9 Å². The Morgan fingerprint density at radius 1 is 0.339 bits per heavy atom. The van der Waals surface area contributed by atoms with Crippen molar-refractivity contribution >= 4 is 119 Å². The smallest absolute Gasteiger partial charge is 0.306 e. The Morgan fingerprint density at radius 2 is 0.661 bits per heavy atom. The quantitative estimate of drug-likeness (QED) is 0.0169. The number of ether oxygens (including phenoxy) is 16. The van der Waals surface area contributed by atoms with E-state index in [9.17, 15) is 95.9 Å². The lowest BCUT2D eigenvalue weighted by Gasteiger charge is -2.44. The molecule has 3 fully saturated rings. The molecule has 10 N–H and O–H groups in total. The minimum Gasteiger partial charge on any atom is -0.463 e. The van der Waals surface area contributed by atoms with Gasteiger partial charge < -0.3 is 129 Å². The van der Waals surface area contributed by atoms with Gasteiger partial charge in [0.15, 0.2) is 55.5 Å². The van der Waals surface area contributed by atoms with Crippen LogP contribution in [-0.4, -0.2) is 320 Å². The normalized spacial score (nSPS) is 21.9. The summed E-state index contributed by atoms with van der Waals surface area (Å²) in [6.45, 7) is 7.28. The number of hydrogen-bond acceptors (Lipinski definition) is 37. The van der Waals surface area contributed by atoms with Crippen molar-refractivity contribution in [2.24, 2.45) is 0 Å². The second-order valence-corrected chi connectivity index (χ2v) is 29.3. The van der Waals surface area contributed by atoms with Crippen LogP contribution in [0.1, 0.15) is 153 Å². The summed E-state index contributed by atoms with van der Waals surface area (Å²) in [5, 5.41) is 25.6. The maximum Gasteiger partial charge on any atom is 0.306 e. The van der Waals surface area contributed by atoms with Crippen LogP contribution in [0.25, 0.3) is 0 Å². The molecule has 127 heavy (non-hydrogen) atoms. The van der Waals surface area contributed by atoms with Crippen LogP contribution in [0.15, 0.2) is 30.3 Å². The summed E-state index contributed by atoms with van der Waals surface area (Å²) < 4.78 is 89.6. The van der Waals surface area contributed by atoms with Crippen LogP contribution in [-0.2, 0) is 178 Å². The Morgan fingerprint density at radius 3 is 0.984 bits per heavy atom. The lowest BCUT2D eigenvalue weighted by atomic mass is 9.96. The third-order valence-corrected chi connectivity index (χ3v) is 18.3. The van der Waals surface area contributed by atoms with Crippen LogP contribution in [0.5, 0.6) is 0 Å². The number of nitrogens with zero attached hydrogens (tertiary/aromatic N) is 1. The van der Waals surface area contributed by atoms with Crippen LogP contribution in [0.2, 0.25) is 0 Å².